The fraction of sp³-hybridized carbons (Fsp3) is 0.304. The molecule has 0 spiro atoms. The van der Waals surface area contributed by atoms with E-state index in [1.54, 1.807) is 13.3 Å². The van der Waals surface area contributed by atoms with Crippen molar-refractivity contribution in [2.75, 3.05) is 30.9 Å². The molecular formula is C23H28N4O2. The van der Waals surface area contributed by atoms with Crippen LogP contribution in [0.4, 0.5) is 17.5 Å². The van der Waals surface area contributed by atoms with Crippen LogP contribution < -0.4 is 20.1 Å². The van der Waals surface area contributed by atoms with Crippen LogP contribution in [0.25, 0.3) is 0 Å². The molecule has 152 valence electrons. The number of nitrogens with zero attached hydrogens (tertiary/aromatic N) is 2. The number of aryl methyl sites for hydroxylation is 1. The Kier molecular flexibility index (Phi) is 6.89. The maximum absolute atomic E-state index is 5.73. The molecule has 0 bridgehead atoms. The van der Waals surface area contributed by atoms with Gasteiger partial charge in [-0.3, -0.25) is 0 Å². The smallest absolute Gasteiger partial charge is 0.229 e. The zero-order valence-electron chi connectivity index (χ0n) is 17.4. The zero-order chi connectivity index (χ0) is 20.6. The van der Waals surface area contributed by atoms with Crippen LogP contribution in [0, 0.1) is 6.92 Å². The summed E-state index contributed by atoms with van der Waals surface area (Å²) < 4.78 is 10.9. The summed E-state index contributed by atoms with van der Waals surface area (Å²) >= 11 is 0. The van der Waals surface area contributed by atoms with Crippen molar-refractivity contribution < 1.29 is 9.47 Å². The Hall–Kier alpha value is -3.28. The van der Waals surface area contributed by atoms with Gasteiger partial charge in [0.05, 0.1) is 13.7 Å². The van der Waals surface area contributed by atoms with Gasteiger partial charge < -0.3 is 20.1 Å². The van der Waals surface area contributed by atoms with Crippen molar-refractivity contribution in [2.24, 2.45) is 0 Å². The number of hydrogen-bond acceptors (Lipinski definition) is 6. The molecular weight excluding hydrogens is 364 g/mol. The van der Waals surface area contributed by atoms with Crippen LogP contribution in [0.1, 0.15) is 30.9 Å². The molecule has 29 heavy (non-hydrogen) atoms. The Morgan fingerprint density at radius 1 is 1.00 bits per heavy atom. The van der Waals surface area contributed by atoms with Crippen LogP contribution in [-0.4, -0.2) is 30.2 Å². The molecule has 0 aliphatic heterocycles. The fourth-order valence-corrected chi connectivity index (χ4v) is 2.99. The van der Waals surface area contributed by atoms with Crippen LogP contribution in [0.5, 0.6) is 11.5 Å². The second-order valence-electron chi connectivity index (χ2n) is 7.04. The van der Waals surface area contributed by atoms with E-state index in [0.29, 0.717) is 25.0 Å². The van der Waals surface area contributed by atoms with Crippen molar-refractivity contribution >= 4 is 17.5 Å². The van der Waals surface area contributed by atoms with Gasteiger partial charge in [0, 0.05) is 11.9 Å². The highest BCUT2D eigenvalue weighted by Crippen LogP contribution is 2.29. The third-order valence-electron chi connectivity index (χ3n) is 4.56. The van der Waals surface area contributed by atoms with Crippen molar-refractivity contribution in [1.82, 2.24) is 9.97 Å². The number of nitrogens with one attached hydrogen (secondary N) is 2. The molecule has 0 saturated heterocycles. The van der Waals surface area contributed by atoms with E-state index in [1.807, 2.05) is 30.3 Å². The molecule has 2 aromatic carbocycles. The summed E-state index contributed by atoms with van der Waals surface area (Å²) in [6.45, 7) is 7.61. The first-order valence-electron chi connectivity index (χ1n) is 9.77. The number of hydrogen-bond donors (Lipinski definition) is 2. The highest BCUT2D eigenvalue weighted by molar-refractivity contribution is 5.64. The third kappa shape index (κ3) is 5.60. The second kappa shape index (κ2) is 9.78. The molecule has 3 aromatic rings. The van der Waals surface area contributed by atoms with Gasteiger partial charge in [0.15, 0.2) is 0 Å². The average molecular weight is 393 g/mol. The predicted octanol–water partition coefficient (Wildman–Crippen LogP) is 5.15. The molecule has 0 fully saturated rings. The molecule has 0 amide bonds. The lowest BCUT2D eigenvalue weighted by atomic mass is 9.98. The minimum absolute atomic E-state index is 0.411. The van der Waals surface area contributed by atoms with Gasteiger partial charge >= 0.3 is 0 Å². The Balaban J connectivity index is 1.57. The van der Waals surface area contributed by atoms with Gasteiger partial charge in [-0.15, -0.1) is 0 Å². The molecule has 0 aliphatic rings. The highest BCUT2D eigenvalue weighted by atomic mass is 16.5. The van der Waals surface area contributed by atoms with Gasteiger partial charge in [-0.25, -0.2) is 4.98 Å². The number of aromatic nitrogens is 2. The number of ether oxygens (including phenoxy) is 2. The van der Waals surface area contributed by atoms with E-state index in [1.165, 1.54) is 11.1 Å². The maximum atomic E-state index is 5.73. The van der Waals surface area contributed by atoms with E-state index in [9.17, 15) is 0 Å². The number of anilines is 3. The first kappa shape index (κ1) is 20.5. The molecule has 3 rings (SSSR count). The number of rotatable bonds is 9. The first-order chi connectivity index (χ1) is 14.1. The first-order valence-corrected chi connectivity index (χ1v) is 9.77. The lowest BCUT2D eigenvalue weighted by Gasteiger charge is -2.16. The molecule has 0 radical (unpaired) electrons. The minimum atomic E-state index is 0.411. The summed E-state index contributed by atoms with van der Waals surface area (Å²) in [4.78, 5) is 8.93. The standard InChI is InChI=1S/C23H28N4O2/c1-16(2)20-7-5-6-17(3)22(20)27-23-25-13-12-21(26-23)24-14-15-29-19-10-8-18(28-4)9-11-19/h5-13,16H,14-15H2,1-4H3,(H2,24,25,26,27). The van der Waals surface area contributed by atoms with Gasteiger partial charge in [0.2, 0.25) is 5.95 Å². The van der Waals surface area contributed by atoms with Gasteiger partial charge in [-0.1, -0.05) is 32.0 Å². The van der Waals surface area contributed by atoms with E-state index >= 15 is 0 Å². The minimum Gasteiger partial charge on any atom is -0.497 e. The van der Waals surface area contributed by atoms with Gasteiger partial charge in [-0.05, 0) is 54.3 Å². The van der Waals surface area contributed by atoms with Crippen LogP contribution in [-0.2, 0) is 0 Å². The third-order valence-corrected chi connectivity index (χ3v) is 4.56. The van der Waals surface area contributed by atoms with Crippen molar-refractivity contribution in [3.05, 3.63) is 65.9 Å². The molecule has 1 aromatic heterocycles. The molecule has 0 atom stereocenters. The molecule has 6 heteroatoms. The molecule has 0 saturated carbocycles. The summed E-state index contributed by atoms with van der Waals surface area (Å²) in [5.74, 6) is 3.35. The molecule has 0 unspecified atom stereocenters. The highest BCUT2D eigenvalue weighted by Gasteiger charge is 2.10. The quantitative estimate of drug-likeness (QED) is 0.491. The predicted molar refractivity (Wildman–Crippen MR) is 118 cm³/mol. The number of benzene rings is 2. The van der Waals surface area contributed by atoms with Crippen molar-refractivity contribution in [3.63, 3.8) is 0 Å². The Morgan fingerprint density at radius 3 is 2.48 bits per heavy atom. The summed E-state index contributed by atoms with van der Waals surface area (Å²) in [6, 6.07) is 15.7. The molecule has 0 aliphatic carbocycles. The van der Waals surface area contributed by atoms with E-state index in [0.717, 1.165) is 23.0 Å². The zero-order valence-corrected chi connectivity index (χ0v) is 17.4. The van der Waals surface area contributed by atoms with E-state index < -0.39 is 0 Å². The van der Waals surface area contributed by atoms with Crippen LogP contribution in [0.15, 0.2) is 54.7 Å². The SMILES string of the molecule is COc1ccc(OCCNc2ccnc(Nc3c(C)cccc3C(C)C)n2)cc1. The van der Waals surface area contributed by atoms with Crippen LogP contribution in [0.3, 0.4) is 0 Å². The van der Waals surface area contributed by atoms with Gasteiger partial charge in [0.25, 0.3) is 0 Å². The Labute approximate surface area is 172 Å². The van der Waals surface area contributed by atoms with E-state index in [-0.39, 0.29) is 0 Å². The monoisotopic (exact) mass is 392 g/mol. The molecule has 6 nitrogen and oxygen atoms in total. The van der Waals surface area contributed by atoms with Crippen molar-refractivity contribution in [2.45, 2.75) is 26.7 Å². The average Bonchev–Trinajstić information content (AvgIpc) is 2.73. The summed E-state index contributed by atoms with van der Waals surface area (Å²) in [5, 5.41) is 6.66. The topological polar surface area (TPSA) is 68.3 Å². The van der Waals surface area contributed by atoms with E-state index in [4.69, 9.17) is 9.47 Å². The Morgan fingerprint density at radius 2 is 1.76 bits per heavy atom. The van der Waals surface area contributed by atoms with Crippen LogP contribution >= 0.6 is 0 Å². The largest absolute Gasteiger partial charge is 0.497 e. The Bertz CT molecular complexity index is 926. The normalized spacial score (nSPS) is 10.7. The second-order valence-corrected chi connectivity index (χ2v) is 7.04. The van der Waals surface area contributed by atoms with Gasteiger partial charge in [0.1, 0.15) is 23.9 Å². The fourth-order valence-electron chi connectivity index (χ4n) is 2.99. The number of para-hydroxylation sites is 1. The summed E-state index contributed by atoms with van der Waals surface area (Å²) in [7, 11) is 1.65. The number of methoxy groups -OCH3 is 1. The van der Waals surface area contributed by atoms with Crippen molar-refractivity contribution in [1.29, 1.82) is 0 Å². The maximum Gasteiger partial charge on any atom is 0.229 e. The van der Waals surface area contributed by atoms with Gasteiger partial charge in [-0.2, -0.15) is 4.98 Å². The summed E-state index contributed by atoms with van der Waals surface area (Å²) in [5.41, 5.74) is 3.49. The lowest BCUT2D eigenvalue weighted by molar-refractivity contribution is 0.331. The van der Waals surface area contributed by atoms with Crippen molar-refractivity contribution in [3.8, 4) is 11.5 Å². The molecule has 1 heterocycles. The lowest BCUT2D eigenvalue weighted by Crippen LogP contribution is -2.13. The van der Waals surface area contributed by atoms with Crippen LogP contribution in [0.2, 0.25) is 0 Å². The summed E-state index contributed by atoms with van der Waals surface area (Å²) in [6.07, 6.45) is 1.75. The molecule has 2 N–H and O–H groups in total. The van der Waals surface area contributed by atoms with E-state index in [2.05, 4.69) is 59.6 Å².